The monoisotopic (exact) mass is 342 g/mol. The van der Waals surface area contributed by atoms with Crippen molar-refractivity contribution in [3.8, 4) is 11.1 Å². The lowest BCUT2D eigenvalue weighted by Crippen LogP contribution is -2.19. The molecule has 26 heavy (non-hydrogen) atoms. The predicted molar refractivity (Wildman–Crippen MR) is 107 cm³/mol. The molecule has 3 aromatic rings. The molecule has 3 nitrogen and oxygen atoms in total. The van der Waals surface area contributed by atoms with Crippen LogP contribution in [0.4, 0.5) is 0 Å². The topological polar surface area (TPSA) is 41.5 Å². The second kappa shape index (κ2) is 8.77. The van der Waals surface area contributed by atoms with Gasteiger partial charge < -0.3 is 0 Å². The van der Waals surface area contributed by atoms with Gasteiger partial charge in [0, 0.05) is 6.42 Å². The van der Waals surface area contributed by atoms with Crippen molar-refractivity contribution in [3.05, 3.63) is 96.1 Å². The number of nitrogens with one attached hydrogen (secondary N) is 1. The summed E-state index contributed by atoms with van der Waals surface area (Å²) >= 11 is 0. The van der Waals surface area contributed by atoms with E-state index >= 15 is 0 Å². The molecule has 0 aliphatic carbocycles. The summed E-state index contributed by atoms with van der Waals surface area (Å²) < 4.78 is 0. The predicted octanol–water partition coefficient (Wildman–Crippen LogP) is 4.83. The molecule has 0 aliphatic rings. The van der Waals surface area contributed by atoms with E-state index in [1.807, 2.05) is 67.6 Å². The highest BCUT2D eigenvalue weighted by atomic mass is 16.2. The van der Waals surface area contributed by atoms with Gasteiger partial charge in [0.15, 0.2) is 0 Å². The van der Waals surface area contributed by atoms with Gasteiger partial charge in [0.1, 0.15) is 0 Å². The molecule has 0 radical (unpaired) electrons. The molecular formula is C23H22N2O. The first-order chi connectivity index (χ1) is 12.7. The summed E-state index contributed by atoms with van der Waals surface area (Å²) in [6.45, 7) is 1.90. The van der Waals surface area contributed by atoms with E-state index in [4.69, 9.17) is 0 Å². The lowest BCUT2D eigenvalue weighted by molar-refractivity contribution is -0.121. The third-order valence-electron chi connectivity index (χ3n) is 4.24. The van der Waals surface area contributed by atoms with Gasteiger partial charge in [-0.1, -0.05) is 84.9 Å². The molecular weight excluding hydrogens is 320 g/mol. The van der Waals surface area contributed by atoms with Crippen molar-refractivity contribution in [2.24, 2.45) is 5.10 Å². The van der Waals surface area contributed by atoms with Gasteiger partial charge in [-0.2, -0.15) is 5.10 Å². The standard InChI is InChI=1S/C23H22N2O/c1-18(24-25-23(26)17-12-19-8-4-2-5-9-19)20-13-15-22(16-14-20)21-10-6-3-7-11-21/h2-11,13-16H,12,17H2,1H3,(H,25,26)/b24-18+. The fraction of sp³-hybridized carbons (Fsp3) is 0.130. The third-order valence-corrected chi connectivity index (χ3v) is 4.24. The Kier molecular flexibility index (Phi) is 5.94. The van der Waals surface area contributed by atoms with Crippen molar-refractivity contribution in [1.82, 2.24) is 5.43 Å². The van der Waals surface area contributed by atoms with E-state index in [9.17, 15) is 4.79 Å². The zero-order valence-electron chi connectivity index (χ0n) is 14.9. The highest BCUT2D eigenvalue weighted by Crippen LogP contribution is 2.19. The Bertz CT molecular complexity index is 869. The Hall–Kier alpha value is -3.20. The number of hydrogen-bond donors (Lipinski definition) is 1. The van der Waals surface area contributed by atoms with E-state index < -0.39 is 0 Å². The second-order valence-electron chi connectivity index (χ2n) is 6.16. The van der Waals surface area contributed by atoms with Gasteiger partial charge in [-0.05, 0) is 35.6 Å². The number of carbonyl (C=O) groups excluding carboxylic acids is 1. The Morgan fingerprint density at radius 2 is 1.38 bits per heavy atom. The van der Waals surface area contributed by atoms with E-state index in [0.717, 1.165) is 22.4 Å². The Balaban J connectivity index is 1.56. The molecule has 0 aromatic heterocycles. The molecule has 1 amide bonds. The first-order valence-corrected chi connectivity index (χ1v) is 8.75. The molecule has 0 atom stereocenters. The summed E-state index contributed by atoms with van der Waals surface area (Å²) in [6, 6.07) is 28.4. The molecule has 0 aliphatic heterocycles. The average Bonchev–Trinajstić information content (AvgIpc) is 2.72. The van der Waals surface area contributed by atoms with Gasteiger partial charge in [-0.15, -0.1) is 0 Å². The van der Waals surface area contributed by atoms with Crippen LogP contribution < -0.4 is 5.43 Å². The van der Waals surface area contributed by atoms with Crippen LogP contribution in [-0.4, -0.2) is 11.6 Å². The van der Waals surface area contributed by atoms with E-state index in [1.165, 1.54) is 5.56 Å². The Labute approximate surface area is 154 Å². The summed E-state index contributed by atoms with van der Waals surface area (Å²) in [6.07, 6.45) is 1.14. The lowest BCUT2D eigenvalue weighted by Gasteiger charge is -2.05. The number of carbonyl (C=O) groups is 1. The number of amides is 1. The minimum Gasteiger partial charge on any atom is -0.273 e. The van der Waals surface area contributed by atoms with E-state index in [1.54, 1.807) is 0 Å². The lowest BCUT2D eigenvalue weighted by atomic mass is 10.0. The highest BCUT2D eigenvalue weighted by Gasteiger charge is 2.03. The van der Waals surface area contributed by atoms with Crippen molar-refractivity contribution >= 4 is 11.6 Å². The molecule has 3 aromatic carbocycles. The van der Waals surface area contributed by atoms with Crippen LogP contribution >= 0.6 is 0 Å². The number of aryl methyl sites for hydroxylation is 1. The molecule has 0 heterocycles. The van der Waals surface area contributed by atoms with Gasteiger partial charge in [-0.3, -0.25) is 4.79 Å². The molecule has 3 heteroatoms. The average molecular weight is 342 g/mol. The summed E-state index contributed by atoms with van der Waals surface area (Å²) in [7, 11) is 0. The third kappa shape index (κ3) is 4.90. The van der Waals surface area contributed by atoms with Crippen LogP contribution in [0.2, 0.25) is 0 Å². The fourth-order valence-corrected chi connectivity index (χ4v) is 2.70. The quantitative estimate of drug-likeness (QED) is 0.506. The summed E-state index contributed by atoms with van der Waals surface area (Å²) in [5, 5.41) is 4.23. The van der Waals surface area contributed by atoms with Crippen molar-refractivity contribution < 1.29 is 4.79 Å². The van der Waals surface area contributed by atoms with Gasteiger partial charge in [0.25, 0.3) is 0 Å². The second-order valence-corrected chi connectivity index (χ2v) is 6.16. The van der Waals surface area contributed by atoms with Crippen LogP contribution in [0.5, 0.6) is 0 Å². The number of nitrogens with zero attached hydrogens (tertiary/aromatic N) is 1. The van der Waals surface area contributed by atoms with Crippen LogP contribution in [0.25, 0.3) is 11.1 Å². The molecule has 130 valence electrons. The molecule has 3 rings (SSSR count). The maximum absolute atomic E-state index is 12.0. The SMILES string of the molecule is C/C(=N\NC(=O)CCc1ccccc1)c1ccc(-c2ccccc2)cc1. The first kappa shape index (κ1) is 17.6. The minimum atomic E-state index is -0.0749. The van der Waals surface area contributed by atoms with Crippen LogP contribution in [0.15, 0.2) is 90.0 Å². The number of hydrogen-bond acceptors (Lipinski definition) is 2. The fourth-order valence-electron chi connectivity index (χ4n) is 2.70. The van der Waals surface area contributed by atoms with E-state index in [0.29, 0.717) is 12.8 Å². The van der Waals surface area contributed by atoms with Crippen LogP contribution in [0, 0.1) is 0 Å². The molecule has 0 saturated heterocycles. The van der Waals surface area contributed by atoms with Crippen molar-refractivity contribution in [2.75, 3.05) is 0 Å². The molecule has 0 spiro atoms. The normalized spacial score (nSPS) is 11.2. The number of benzene rings is 3. The molecule has 0 saturated carbocycles. The molecule has 0 bridgehead atoms. The minimum absolute atomic E-state index is 0.0749. The van der Waals surface area contributed by atoms with Gasteiger partial charge in [0.2, 0.25) is 5.91 Å². The van der Waals surface area contributed by atoms with Gasteiger partial charge in [-0.25, -0.2) is 5.43 Å². The Morgan fingerprint density at radius 3 is 2.04 bits per heavy atom. The van der Waals surface area contributed by atoms with Crippen LogP contribution in [-0.2, 0) is 11.2 Å². The number of rotatable bonds is 6. The van der Waals surface area contributed by atoms with E-state index in [-0.39, 0.29) is 5.91 Å². The van der Waals surface area contributed by atoms with Crippen LogP contribution in [0.3, 0.4) is 0 Å². The smallest absolute Gasteiger partial charge is 0.240 e. The molecule has 1 N–H and O–H groups in total. The van der Waals surface area contributed by atoms with Crippen molar-refractivity contribution in [3.63, 3.8) is 0 Å². The maximum Gasteiger partial charge on any atom is 0.240 e. The van der Waals surface area contributed by atoms with Crippen molar-refractivity contribution in [2.45, 2.75) is 19.8 Å². The summed E-state index contributed by atoms with van der Waals surface area (Å²) in [4.78, 5) is 12.0. The zero-order valence-corrected chi connectivity index (χ0v) is 14.9. The zero-order chi connectivity index (χ0) is 18.2. The first-order valence-electron chi connectivity index (χ1n) is 8.75. The number of hydrazone groups is 1. The van der Waals surface area contributed by atoms with Gasteiger partial charge >= 0.3 is 0 Å². The van der Waals surface area contributed by atoms with Crippen molar-refractivity contribution in [1.29, 1.82) is 0 Å². The summed E-state index contributed by atoms with van der Waals surface area (Å²) in [5.74, 6) is -0.0749. The Morgan fingerprint density at radius 1 is 0.808 bits per heavy atom. The summed E-state index contributed by atoms with van der Waals surface area (Å²) in [5.41, 5.74) is 7.93. The molecule has 0 fully saturated rings. The molecule has 0 unspecified atom stereocenters. The van der Waals surface area contributed by atoms with E-state index in [2.05, 4.69) is 34.8 Å². The highest BCUT2D eigenvalue weighted by molar-refractivity contribution is 5.99. The van der Waals surface area contributed by atoms with Crippen LogP contribution in [0.1, 0.15) is 24.5 Å². The van der Waals surface area contributed by atoms with Gasteiger partial charge in [0.05, 0.1) is 5.71 Å². The maximum atomic E-state index is 12.0. The largest absolute Gasteiger partial charge is 0.273 e.